The summed E-state index contributed by atoms with van der Waals surface area (Å²) in [6.45, 7) is 0.901. The first-order chi connectivity index (χ1) is 9.76. The molecule has 1 aliphatic carbocycles. The second-order valence-corrected chi connectivity index (χ2v) is 5.77. The number of aromatic nitrogens is 3. The lowest BCUT2D eigenvalue weighted by Crippen LogP contribution is -2.39. The maximum atomic E-state index is 4.58. The molecule has 0 spiro atoms. The van der Waals surface area contributed by atoms with Crippen LogP contribution in [0.5, 0.6) is 0 Å². The predicted molar refractivity (Wildman–Crippen MR) is 79.6 cm³/mol. The second-order valence-electron chi connectivity index (χ2n) is 5.77. The van der Waals surface area contributed by atoms with Crippen molar-refractivity contribution in [2.24, 2.45) is 0 Å². The minimum Gasteiger partial charge on any atom is -0.317 e. The van der Waals surface area contributed by atoms with Crippen LogP contribution in [0.3, 0.4) is 0 Å². The van der Waals surface area contributed by atoms with Crippen LogP contribution in [0, 0.1) is 0 Å². The first-order valence-electron chi connectivity index (χ1n) is 7.42. The van der Waals surface area contributed by atoms with Crippen LogP contribution in [0.15, 0.2) is 24.7 Å². The highest BCUT2D eigenvalue weighted by molar-refractivity contribution is 5.29. The Morgan fingerprint density at radius 1 is 1.35 bits per heavy atom. The van der Waals surface area contributed by atoms with Crippen molar-refractivity contribution in [3.05, 3.63) is 30.4 Å². The summed E-state index contributed by atoms with van der Waals surface area (Å²) in [4.78, 5) is 11.3. The second kappa shape index (κ2) is 5.89. The molecular weight excluding hydrogens is 250 g/mol. The largest absolute Gasteiger partial charge is 0.317 e. The van der Waals surface area contributed by atoms with E-state index in [1.54, 1.807) is 6.20 Å². The molecule has 1 saturated carbocycles. The van der Waals surface area contributed by atoms with Gasteiger partial charge in [0.25, 0.3) is 0 Å². The number of fused-ring (bicyclic) bond motifs is 1. The maximum Gasteiger partial charge on any atom is 0.233 e. The molecule has 0 amide bonds. The summed E-state index contributed by atoms with van der Waals surface area (Å²) in [5, 5.41) is 3.39. The minimum atomic E-state index is 0.678. The molecule has 0 unspecified atom stereocenters. The van der Waals surface area contributed by atoms with Crippen LogP contribution in [0.4, 0.5) is 0 Å². The van der Waals surface area contributed by atoms with Gasteiger partial charge in [0.05, 0.1) is 5.69 Å². The lowest BCUT2D eigenvalue weighted by Gasteiger charge is -2.34. The zero-order chi connectivity index (χ0) is 13.9. The van der Waals surface area contributed by atoms with Gasteiger partial charge in [-0.05, 0) is 45.8 Å². The Balaban J connectivity index is 1.62. The molecule has 2 heterocycles. The van der Waals surface area contributed by atoms with Crippen LogP contribution < -0.4 is 5.32 Å². The van der Waals surface area contributed by atoms with Crippen LogP contribution in [0.1, 0.15) is 31.4 Å². The van der Waals surface area contributed by atoms with Gasteiger partial charge >= 0.3 is 0 Å². The minimum absolute atomic E-state index is 0.678. The summed E-state index contributed by atoms with van der Waals surface area (Å²) < 4.78 is 1.99. The summed E-state index contributed by atoms with van der Waals surface area (Å²) in [5.41, 5.74) is 1.10. The van der Waals surface area contributed by atoms with E-state index in [9.17, 15) is 0 Å². The SMILES string of the molecule is CNC1CCC(N(C)Cc2cn3cccnc3n2)CC1. The topological polar surface area (TPSA) is 45.5 Å². The fourth-order valence-electron chi connectivity index (χ4n) is 3.15. The van der Waals surface area contributed by atoms with Crippen molar-refractivity contribution in [2.75, 3.05) is 14.1 Å². The molecule has 1 fully saturated rings. The van der Waals surface area contributed by atoms with E-state index in [-0.39, 0.29) is 0 Å². The van der Waals surface area contributed by atoms with Crippen molar-refractivity contribution in [1.29, 1.82) is 0 Å². The van der Waals surface area contributed by atoms with Gasteiger partial charge in [-0.1, -0.05) is 0 Å². The molecule has 0 bridgehead atoms. The molecular formula is C15H23N5. The zero-order valence-corrected chi connectivity index (χ0v) is 12.3. The van der Waals surface area contributed by atoms with E-state index < -0.39 is 0 Å². The van der Waals surface area contributed by atoms with Crippen molar-refractivity contribution in [1.82, 2.24) is 24.6 Å². The molecule has 2 aromatic rings. The van der Waals surface area contributed by atoms with Gasteiger partial charge in [0.1, 0.15) is 0 Å². The standard InChI is InChI=1S/C15H23N5/c1-16-12-4-6-14(7-5-12)19(2)10-13-11-20-9-3-8-17-15(20)18-13/h3,8-9,11-12,14,16H,4-7,10H2,1-2H3. The average Bonchev–Trinajstić information content (AvgIpc) is 2.89. The molecule has 2 aromatic heterocycles. The van der Waals surface area contributed by atoms with Gasteiger partial charge in [0.2, 0.25) is 5.78 Å². The Morgan fingerprint density at radius 2 is 2.15 bits per heavy atom. The monoisotopic (exact) mass is 273 g/mol. The van der Waals surface area contributed by atoms with Crippen LogP contribution in [0.25, 0.3) is 5.78 Å². The first-order valence-corrected chi connectivity index (χ1v) is 7.42. The van der Waals surface area contributed by atoms with Gasteiger partial charge in [-0.15, -0.1) is 0 Å². The summed E-state index contributed by atoms with van der Waals surface area (Å²) in [6.07, 6.45) is 11.0. The molecule has 0 aromatic carbocycles. The van der Waals surface area contributed by atoms with Crippen molar-refractivity contribution < 1.29 is 0 Å². The van der Waals surface area contributed by atoms with E-state index in [1.165, 1.54) is 25.7 Å². The fraction of sp³-hybridized carbons (Fsp3) is 0.600. The van der Waals surface area contributed by atoms with E-state index in [0.29, 0.717) is 12.1 Å². The van der Waals surface area contributed by atoms with Crippen LogP contribution >= 0.6 is 0 Å². The van der Waals surface area contributed by atoms with E-state index in [4.69, 9.17) is 0 Å². The Morgan fingerprint density at radius 3 is 2.85 bits per heavy atom. The third kappa shape index (κ3) is 2.83. The molecule has 20 heavy (non-hydrogen) atoms. The Kier molecular flexibility index (Phi) is 3.98. The van der Waals surface area contributed by atoms with Crippen LogP contribution in [0.2, 0.25) is 0 Å². The van der Waals surface area contributed by atoms with E-state index >= 15 is 0 Å². The van der Waals surface area contributed by atoms with Crippen molar-refractivity contribution in [2.45, 2.75) is 44.3 Å². The third-order valence-electron chi connectivity index (χ3n) is 4.43. The molecule has 0 radical (unpaired) electrons. The van der Waals surface area contributed by atoms with Gasteiger partial charge in [0, 0.05) is 37.2 Å². The summed E-state index contributed by atoms with van der Waals surface area (Å²) in [7, 11) is 4.28. The maximum absolute atomic E-state index is 4.58. The number of imidazole rings is 1. The molecule has 1 N–H and O–H groups in total. The average molecular weight is 273 g/mol. The zero-order valence-electron chi connectivity index (χ0n) is 12.3. The van der Waals surface area contributed by atoms with Gasteiger partial charge in [-0.25, -0.2) is 9.97 Å². The Bertz CT molecular complexity index is 523. The van der Waals surface area contributed by atoms with Crippen molar-refractivity contribution >= 4 is 5.78 Å². The summed E-state index contributed by atoms with van der Waals surface area (Å²) >= 11 is 0. The molecule has 0 saturated heterocycles. The predicted octanol–water partition coefficient (Wildman–Crippen LogP) is 1.69. The number of nitrogens with zero attached hydrogens (tertiary/aromatic N) is 4. The summed E-state index contributed by atoms with van der Waals surface area (Å²) in [6, 6.07) is 3.32. The van der Waals surface area contributed by atoms with Gasteiger partial charge in [-0.3, -0.25) is 9.30 Å². The smallest absolute Gasteiger partial charge is 0.233 e. The third-order valence-corrected chi connectivity index (χ3v) is 4.43. The van der Waals surface area contributed by atoms with E-state index in [0.717, 1.165) is 18.0 Å². The van der Waals surface area contributed by atoms with Crippen molar-refractivity contribution in [3.63, 3.8) is 0 Å². The Hall–Kier alpha value is -1.46. The van der Waals surface area contributed by atoms with Crippen LogP contribution in [-0.2, 0) is 6.54 Å². The molecule has 5 heteroatoms. The normalized spacial score (nSPS) is 23.6. The summed E-state index contributed by atoms with van der Waals surface area (Å²) in [5.74, 6) is 0.787. The number of nitrogens with one attached hydrogen (secondary N) is 1. The lowest BCUT2D eigenvalue weighted by molar-refractivity contribution is 0.168. The number of hydrogen-bond donors (Lipinski definition) is 1. The van der Waals surface area contributed by atoms with Crippen LogP contribution in [-0.4, -0.2) is 45.4 Å². The molecule has 108 valence electrons. The number of hydrogen-bond acceptors (Lipinski definition) is 4. The molecule has 1 aliphatic rings. The highest BCUT2D eigenvalue weighted by Crippen LogP contribution is 2.23. The molecule has 5 nitrogen and oxygen atoms in total. The van der Waals surface area contributed by atoms with Gasteiger partial charge in [-0.2, -0.15) is 0 Å². The van der Waals surface area contributed by atoms with Gasteiger partial charge in [0.15, 0.2) is 0 Å². The highest BCUT2D eigenvalue weighted by atomic mass is 15.2. The first kappa shape index (κ1) is 13.5. The quantitative estimate of drug-likeness (QED) is 0.921. The lowest BCUT2D eigenvalue weighted by atomic mass is 9.90. The van der Waals surface area contributed by atoms with E-state index in [2.05, 4.69) is 40.5 Å². The molecule has 0 atom stereocenters. The van der Waals surface area contributed by atoms with Crippen molar-refractivity contribution in [3.8, 4) is 0 Å². The highest BCUT2D eigenvalue weighted by Gasteiger charge is 2.23. The Labute approximate surface area is 120 Å². The fourth-order valence-corrected chi connectivity index (χ4v) is 3.15. The molecule has 3 rings (SSSR count). The number of rotatable bonds is 4. The van der Waals surface area contributed by atoms with Gasteiger partial charge < -0.3 is 5.32 Å². The van der Waals surface area contributed by atoms with E-state index in [1.807, 2.05) is 16.7 Å². The molecule has 0 aliphatic heterocycles.